The monoisotopic (exact) mass is 564 g/mol. The highest BCUT2D eigenvalue weighted by atomic mass is 127. The summed E-state index contributed by atoms with van der Waals surface area (Å²) in [6.45, 7) is 20.5. The minimum Gasteiger partial charge on any atom is -0.357 e. The molecule has 0 spiro atoms. The van der Waals surface area contributed by atoms with Crippen molar-refractivity contribution >= 4 is 41.3 Å². The van der Waals surface area contributed by atoms with Crippen LogP contribution in [0.25, 0.3) is 0 Å². The van der Waals surface area contributed by atoms with Crippen molar-refractivity contribution in [1.82, 2.24) is 25.4 Å². The molecule has 1 saturated heterocycles. The molecule has 180 valence electrons. The van der Waals surface area contributed by atoms with Crippen molar-refractivity contribution in [2.45, 2.75) is 79.4 Å². The van der Waals surface area contributed by atoms with Crippen LogP contribution in [0.2, 0.25) is 0 Å². The first-order chi connectivity index (χ1) is 14.4. The van der Waals surface area contributed by atoms with E-state index < -0.39 is 0 Å². The van der Waals surface area contributed by atoms with Crippen LogP contribution in [0.5, 0.6) is 0 Å². The quantitative estimate of drug-likeness (QED) is 0.240. The van der Waals surface area contributed by atoms with E-state index in [0.29, 0.717) is 18.0 Å². The van der Waals surface area contributed by atoms with Gasteiger partial charge in [0.15, 0.2) is 5.96 Å². The predicted octanol–water partition coefficient (Wildman–Crippen LogP) is 4.21. The maximum atomic E-state index is 4.89. The van der Waals surface area contributed by atoms with Gasteiger partial charge in [0.05, 0.1) is 10.7 Å². The highest BCUT2D eigenvalue weighted by molar-refractivity contribution is 14.0. The van der Waals surface area contributed by atoms with Crippen molar-refractivity contribution in [3.8, 4) is 0 Å². The van der Waals surface area contributed by atoms with Crippen molar-refractivity contribution in [1.29, 1.82) is 0 Å². The lowest BCUT2D eigenvalue weighted by atomic mass is 9.97. The first-order valence-corrected chi connectivity index (χ1v) is 12.7. The molecule has 0 aromatic carbocycles. The van der Waals surface area contributed by atoms with E-state index in [0.717, 1.165) is 58.2 Å². The fourth-order valence-electron chi connectivity index (χ4n) is 4.12. The normalized spacial score (nSPS) is 16.2. The van der Waals surface area contributed by atoms with Crippen molar-refractivity contribution in [2.75, 3.05) is 39.3 Å². The summed E-state index contributed by atoms with van der Waals surface area (Å²) in [7, 11) is 0. The fraction of sp³-hybridized carbons (Fsp3) is 0.826. The van der Waals surface area contributed by atoms with Crippen LogP contribution in [-0.4, -0.2) is 72.1 Å². The van der Waals surface area contributed by atoms with E-state index in [4.69, 9.17) is 9.98 Å². The number of rotatable bonds is 11. The van der Waals surface area contributed by atoms with Crippen LogP contribution in [0, 0.1) is 5.92 Å². The minimum absolute atomic E-state index is 0. The number of nitrogens with one attached hydrogen (secondary N) is 2. The van der Waals surface area contributed by atoms with E-state index in [2.05, 4.69) is 67.4 Å². The molecule has 1 fully saturated rings. The zero-order chi connectivity index (χ0) is 21.9. The summed E-state index contributed by atoms with van der Waals surface area (Å²) in [4.78, 5) is 14.7. The lowest BCUT2D eigenvalue weighted by Gasteiger charge is -2.31. The van der Waals surface area contributed by atoms with Gasteiger partial charge in [0.2, 0.25) is 0 Å². The van der Waals surface area contributed by atoms with Crippen molar-refractivity contribution in [2.24, 2.45) is 10.9 Å². The molecule has 1 aromatic heterocycles. The Labute approximate surface area is 211 Å². The molecule has 0 unspecified atom stereocenters. The largest absolute Gasteiger partial charge is 0.357 e. The van der Waals surface area contributed by atoms with Gasteiger partial charge in [0.25, 0.3) is 0 Å². The molecule has 0 bridgehead atoms. The molecule has 2 heterocycles. The summed E-state index contributed by atoms with van der Waals surface area (Å²) in [5.41, 5.74) is 1.24. The van der Waals surface area contributed by atoms with E-state index in [-0.39, 0.29) is 24.0 Å². The highest BCUT2D eigenvalue weighted by Crippen LogP contribution is 2.20. The average molecular weight is 565 g/mol. The van der Waals surface area contributed by atoms with Gasteiger partial charge in [-0.3, -0.25) is 14.8 Å². The maximum absolute atomic E-state index is 4.89. The molecule has 0 amide bonds. The van der Waals surface area contributed by atoms with Crippen molar-refractivity contribution in [3.05, 3.63) is 16.1 Å². The van der Waals surface area contributed by atoms with E-state index in [9.17, 15) is 0 Å². The summed E-state index contributed by atoms with van der Waals surface area (Å²) in [5.74, 6) is 1.64. The maximum Gasteiger partial charge on any atom is 0.191 e. The van der Waals surface area contributed by atoms with E-state index in [1.165, 1.54) is 23.5 Å². The van der Waals surface area contributed by atoms with Gasteiger partial charge in [-0.2, -0.15) is 0 Å². The number of hydrogen-bond acceptors (Lipinski definition) is 5. The molecule has 0 radical (unpaired) electrons. The van der Waals surface area contributed by atoms with E-state index >= 15 is 0 Å². The lowest BCUT2D eigenvalue weighted by Crippen LogP contribution is -2.45. The van der Waals surface area contributed by atoms with Crippen LogP contribution in [0.4, 0.5) is 0 Å². The number of likely N-dealkylation sites (tertiary alicyclic amines) is 1. The van der Waals surface area contributed by atoms with Crippen LogP contribution >= 0.6 is 35.3 Å². The molecule has 0 saturated carbocycles. The molecular formula is C23H45IN6S. The number of guanidine groups is 1. The molecule has 8 heteroatoms. The SMILES string of the molecule is CCNC(=NCC1CCN(Cc2csc(CC)n2)CC1)NCCN(C(C)C)C(C)C.I. The topological polar surface area (TPSA) is 55.8 Å². The number of aliphatic imine (C=N–C) groups is 1. The first-order valence-electron chi connectivity index (χ1n) is 11.9. The number of aromatic nitrogens is 1. The molecule has 0 aliphatic carbocycles. The number of thiazole rings is 1. The average Bonchev–Trinajstić information content (AvgIpc) is 3.17. The second kappa shape index (κ2) is 15.4. The van der Waals surface area contributed by atoms with E-state index in [1.54, 1.807) is 11.3 Å². The zero-order valence-corrected chi connectivity index (χ0v) is 23.6. The molecular weight excluding hydrogens is 519 g/mol. The molecule has 1 aliphatic rings. The summed E-state index contributed by atoms with van der Waals surface area (Å²) >= 11 is 1.79. The zero-order valence-electron chi connectivity index (χ0n) is 20.5. The Morgan fingerprint density at radius 3 is 2.42 bits per heavy atom. The Hall–Kier alpha value is -0.450. The standard InChI is InChI=1S/C23H44N6S.HI/c1-7-22-27-21(17-30-22)16-28-12-9-20(10-13-28)15-26-23(24-8-2)25-11-14-29(18(3)4)19(5)6;/h17-20H,7-16H2,1-6H3,(H2,24,25,26);1H. The van der Waals surface area contributed by atoms with Crippen LogP contribution in [0.15, 0.2) is 10.4 Å². The molecule has 6 nitrogen and oxygen atoms in total. The summed E-state index contributed by atoms with van der Waals surface area (Å²) in [6.07, 6.45) is 3.49. The molecule has 2 N–H and O–H groups in total. The van der Waals surface area contributed by atoms with Crippen molar-refractivity contribution < 1.29 is 0 Å². The predicted molar refractivity (Wildman–Crippen MR) is 146 cm³/mol. The Morgan fingerprint density at radius 2 is 1.87 bits per heavy atom. The van der Waals surface area contributed by atoms with Crippen LogP contribution in [0.1, 0.15) is 65.1 Å². The number of nitrogens with zero attached hydrogens (tertiary/aromatic N) is 4. The fourth-order valence-corrected chi connectivity index (χ4v) is 4.85. The van der Waals surface area contributed by atoms with Crippen molar-refractivity contribution in [3.63, 3.8) is 0 Å². The van der Waals surface area contributed by atoms with Gasteiger partial charge in [-0.15, -0.1) is 35.3 Å². The number of aryl methyl sites for hydroxylation is 1. The van der Waals surface area contributed by atoms with Crippen LogP contribution in [0.3, 0.4) is 0 Å². The van der Waals surface area contributed by atoms with Gasteiger partial charge >= 0.3 is 0 Å². The molecule has 0 atom stereocenters. The van der Waals surface area contributed by atoms with Crippen LogP contribution in [-0.2, 0) is 13.0 Å². The number of piperidine rings is 1. The molecule has 31 heavy (non-hydrogen) atoms. The Kier molecular flexibility index (Phi) is 14.2. The van der Waals surface area contributed by atoms with Gasteiger partial charge in [-0.25, -0.2) is 4.98 Å². The third-order valence-corrected chi connectivity index (χ3v) is 6.88. The highest BCUT2D eigenvalue weighted by Gasteiger charge is 2.20. The van der Waals surface area contributed by atoms with E-state index in [1.807, 2.05) is 0 Å². The number of hydrogen-bond donors (Lipinski definition) is 2. The second-order valence-corrected chi connectivity index (χ2v) is 9.82. The third kappa shape index (κ3) is 10.4. The minimum atomic E-state index is 0. The van der Waals surface area contributed by atoms with Gasteiger partial charge < -0.3 is 10.6 Å². The molecule has 1 aromatic rings. The number of halogens is 1. The Morgan fingerprint density at radius 1 is 1.19 bits per heavy atom. The lowest BCUT2D eigenvalue weighted by molar-refractivity contribution is 0.177. The Bertz CT molecular complexity index is 617. The van der Waals surface area contributed by atoms with Gasteiger partial charge in [0, 0.05) is 50.2 Å². The van der Waals surface area contributed by atoms with Crippen LogP contribution < -0.4 is 10.6 Å². The smallest absolute Gasteiger partial charge is 0.191 e. The van der Waals surface area contributed by atoms with Gasteiger partial charge in [0.1, 0.15) is 0 Å². The summed E-state index contributed by atoms with van der Waals surface area (Å²) < 4.78 is 0. The third-order valence-electron chi connectivity index (χ3n) is 5.84. The summed E-state index contributed by atoms with van der Waals surface area (Å²) in [6, 6.07) is 1.13. The summed E-state index contributed by atoms with van der Waals surface area (Å²) in [5, 5.41) is 10.4. The first kappa shape index (κ1) is 28.6. The van der Waals surface area contributed by atoms with Gasteiger partial charge in [-0.05, 0) is 72.9 Å². The van der Waals surface area contributed by atoms with Gasteiger partial charge in [-0.1, -0.05) is 6.92 Å². The molecule has 2 rings (SSSR count). The Balaban J connectivity index is 0.00000480. The second-order valence-electron chi connectivity index (χ2n) is 8.88. The molecule has 1 aliphatic heterocycles.